The zero-order chi connectivity index (χ0) is 14.2. The molecule has 1 aromatic rings. The first-order valence-electron chi connectivity index (χ1n) is 6.63. The van der Waals surface area contributed by atoms with Crippen LogP contribution in [0.1, 0.15) is 30.9 Å². The summed E-state index contributed by atoms with van der Waals surface area (Å²) in [5.41, 5.74) is 2.06. The lowest BCUT2D eigenvalue weighted by Gasteiger charge is -2.20. The summed E-state index contributed by atoms with van der Waals surface area (Å²) < 4.78 is 0. The zero-order valence-electron chi connectivity index (χ0n) is 11.6. The summed E-state index contributed by atoms with van der Waals surface area (Å²) in [6.07, 6.45) is 0. The quantitative estimate of drug-likeness (QED) is 0.925. The molecule has 104 valence electrons. The first kappa shape index (κ1) is 14.4. The Bertz CT molecular complexity index is 487. The van der Waals surface area contributed by atoms with Gasteiger partial charge in [-0.05, 0) is 38.0 Å². The molecule has 2 atom stereocenters. The third-order valence-electron chi connectivity index (χ3n) is 4.02. The molecule has 2 unspecified atom stereocenters. The Hall–Kier alpha value is -1.06. The van der Waals surface area contributed by atoms with Crippen LogP contribution in [0.4, 0.5) is 0 Å². The van der Waals surface area contributed by atoms with E-state index in [9.17, 15) is 9.90 Å². The number of aryl methyl sites for hydroxylation is 1. The predicted octanol–water partition coefficient (Wildman–Crippen LogP) is 3.16. The van der Waals surface area contributed by atoms with Crippen LogP contribution in [0, 0.1) is 12.8 Å². The maximum atomic E-state index is 11.4. The second-order valence-electron chi connectivity index (χ2n) is 5.61. The Kier molecular flexibility index (Phi) is 4.16. The van der Waals surface area contributed by atoms with Crippen molar-refractivity contribution in [3.63, 3.8) is 0 Å². The van der Waals surface area contributed by atoms with E-state index in [-0.39, 0.29) is 11.8 Å². The van der Waals surface area contributed by atoms with E-state index >= 15 is 0 Å². The van der Waals surface area contributed by atoms with Crippen LogP contribution in [0.2, 0.25) is 5.02 Å². The molecule has 0 radical (unpaired) electrons. The van der Waals surface area contributed by atoms with E-state index in [4.69, 9.17) is 11.6 Å². The number of carboxylic acid groups (broad SMARTS) is 1. The summed E-state index contributed by atoms with van der Waals surface area (Å²) >= 11 is 6.16. The maximum Gasteiger partial charge on any atom is 0.308 e. The zero-order valence-corrected chi connectivity index (χ0v) is 12.3. The molecule has 1 N–H and O–H groups in total. The summed E-state index contributed by atoms with van der Waals surface area (Å²) in [4.78, 5) is 13.7. The van der Waals surface area contributed by atoms with Crippen molar-refractivity contribution in [1.29, 1.82) is 0 Å². The number of carbonyl (C=O) groups is 1. The van der Waals surface area contributed by atoms with Crippen molar-refractivity contribution in [2.24, 2.45) is 5.92 Å². The summed E-state index contributed by atoms with van der Waals surface area (Å²) in [6.45, 7) is 7.56. The monoisotopic (exact) mass is 281 g/mol. The van der Waals surface area contributed by atoms with Crippen LogP contribution in [0.5, 0.6) is 0 Å². The van der Waals surface area contributed by atoms with Crippen molar-refractivity contribution < 1.29 is 9.90 Å². The molecule has 3 nitrogen and oxygen atoms in total. The molecule has 1 aromatic carbocycles. The highest BCUT2D eigenvalue weighted by Gasteiger charge is 2.39. The fourth-order valence-electron chi connectivity index (χ4n) is 2.68. The summed E-state index contributed by atoms with van der Waals surface area (Å²) in [6, 6.07) is 6.26. The van der Waals surface area contributed by atoms with Gasteiger partial charge in [0.25, 0.3) is 0 Å². The second-order valence-corrected chi connectivity index (χ2v) is 6.01. The fourth-order valence-corrected chi connectivity index (χ4v) is 2.87. The molecule has 0 spiro atoms. The van der Waals surface area contributed by atoms with Crippen molar-refractivity contribution >= 4 is 17.6 Å². The number of carboxylic acids is 1. The SMILES string of the molecule is Cc1ccc(C2CN(C(C)C)CC2C(=O)O)cc1Cl. The minimum absolute atomic E-state index is 0.0259. The molecule has 0 aromatic heterocycles. The van der Waals surface area contributed by atoms with E-state index < -0.39 is 5.97 Å². The maximum absolute atomic E-state index is 11.4. The number of halogens is 1. The van der Waals surface area contributed by atoms with Gasteiger partial charge in [0.05, 0.1) is 5.92 Å². The van der Waals surface area contributed by atoms with E-state index in [2.05, 4.69) is 18.7 Å². The number of nitrogens with zero attached hydrogens (tertiary/aromatic N) is 1. The highest BCUT2D eigenvalue weighted by atomic mass is 35.5. The molecule has 19 heavy (non-hydrogen) atoms. The standard InChI is InChI=1S/C15H20ClNO2/c1-9(2)17-7-12(13(8-17)15(18)19)11-5-4-10(3)14(16)6-11/h4-6,9,12-13H,7-8H2,1-3H3,(H,18,19). The van der Waals surface area contributed by atoms with Gasteiger partial charge in [-0.25, -0.2) is 0 Å². The first-order chi connectivity index (χ1) is 8.90. The highest BCUT2D eigenvalue weighted by Crippen LogP contribution is 2.35. The molecule has 1 aliphatic heterocycles. The van der Waals surface area contributed by atoms with Crippen LogP contribution in [0.25, 0.3) is 0 Å². The van der Waals surface area contributed by atoms with Crippen LogP contribution >= 0.6 is 11.6 Å². The lowest BCUT2D eigenvalue weighted by Crippen LogP contribution is -2.29. The average molecular weight is 282 g/mol. The van der Waals surface area contributed by atoms with E-state index in [0.29, 0.717) is 17.6 Å². The number of aliphatic carboxylic acids is 1. The van der Waals surface area contributed by atoms with Gasteiger partial charge in [-0.15, -0.1) is 0 Å². The molecule has 0 saturated carbocycles. The van der Waals surface area contributed by atoms with Crippen molar-refractivity contribution in [2.45, 2.75) is 32.7 Å². The highest BCUT2D eigenvalue weighted by molar-refractivity contribution is 6.31. The van der Waals surface area contributed by atoms with Crippen LogP contribution in [0.15, 0.2) is 18.2 Å². The molecule has 0 aliphatic carbocycles. The second kappa shape index (κ2) is 5.51. The molecule has 1 fully saturated rings. The Balaban J connectivity index is 2.30. The lowest BCUT2D eigenvalue weighted by atomic mass is 9.88. The fraction of sp³-hybridized carbons (Fsp3) is 0.533. The molecule has 4 heteroatoms. The third kappa shape index (κ3) is 2.93. The molecular formula is C15H20ClNO2. The van der Waals surface area contributed by atoms with Gasteiger partial charge in [-0.3, -0.25) is 9.69 Å². The Morgan fingerprint density at radius 1 is 1.42 bits per heavy atom. The van der Waals surface area contributed by atoms with Gasteiger partial charge in [-0.2, -0.15) is 0 Å². The Morgan fingerprint density at radius 2 is 2.11 bits per heavy atom. The molecule has 0 amide bonds. The van der Waals surface area contributed by atoms with Crippen LogP contribution in [-0.4, -0.2) is 35.1 Å². The predicted molar refractivity (Wildman–Crippen MR) is 76.8 cm³/mol. The van der Waals surface area contributed by atoms with Gasteiger partial charge in [0.15, 0.2) is 0 Å². The molecule has 1 aliphatic rings. The van der Waals surface area contributed by atoms with Gasteiger partial charge in [0.1, 0.15) is 0 Å². The van der Waals surface area contributed by atoms with Gasteiger partial charge in [0.2, 0.25) is 0 Å². The number of benzene rings is 1. The van der Waals surface area contributed by atoms with Crippen molar-refractivity contribution in [1.82, 2.24) is 4.90 Å². The van der Waals surface area contributed by atoms with Crippen LogP contribution < -0.4 is 0 Å². The minimum atomic E-state index is -0.718. The van der Waals surface area contributed by atoms with Crippen molar-refractivity contribution in [3.8, 4) is 0 Å². The van der Waals surface area contributed by atoms with Gasteiger partial charge >= 0.3 is 5.97 Å². The average Bonchev–Trinajstić information content (AvgIpc) is 2.78. The summed E-state index contributed by atoms with van der Waals surface area (Å²) in [5, 5.41) is 10.1. The first-order valence-corrected chi connectivity index (χ1v) is 7.01. The van der Waals surface area contributed by atoms with E-state index in [1.807, 2.05) is 25.1 Å². The van der Waals surface area contributed by atoms with E-state index in [1.165, 1.54) is 0 Å². The Labute approximate surface area is 119 Å². The number of hydrogen-bond acceptors (Lipinski definition) is 2. The Morgan fingerprint density at radius 3 is 2.63 bits per heavy atom. The molecule has 0 bridgehead atoms. The third-order valence-corrected chi connectivity index (χ3v) is 4.43. The van der Waals surface area contributed by atoms with Crippen LogP contribution in [-0.2, 0) is 4.79 Å². The number of rotatable bonds is 3. The molecule has 2 rings (SSSR count). The van der Waals surface area contributed by atoms with Crippen molar-refractivity contribution in [3.05, 3.63) is 34.3 Å². The van der Waals surface area contributed by atoms with Gasteiger partial charge in [0, 0.05) is 30.1 Å². The lowest BCUT2D eigenvalue weighted by molar-refractivity contribution is -0.141. The van der Waals surface area contributed by atoms with Crippen molar-refractivity contribution in [2.75, 3.05) is 13.1 Å². The minimum Gasteiger partial charge on any atom is -0.481 e. The van der Waals surface area contributed by atoms with E-state index in [0.717, 1.165) is 17.7 Å². The van der Waals surface area contributed by atoms with Gasteiger partial charge < -0.3 is 5.11 Å². The molecular weight excluding hydrogens is 262 g/mol. The van der Waals surface area contributed by atoms with Gasteiger partial charge in [-0.1, -0.05) is 23.7 Å². The smallest absolute Gasteiger partial charge is 0.308 e. The molecule has 1 heterocycles. The number of likely N-dealkylation sites (tertiary alicyclic amines) is 1. The molecule has 1 saturated heterocycles. The van der Waals surface area contributed by atoms with E-state index in [1.54, 1.807) is 0 Å². The summed E-state index contributed by atoms with van der Waals surface area (Å²) in [5.74, 6) is -1.04. The largest absolute Gasteiger partial charge is 0.481 e. The number of hydrogen-bond donors (Lipinski definition) is 1. The topological polar surface area (TPSA) is 40.5 Å². The summed E-state index contributed by atoms with van der Waals surface area (Å²) in [7, 11) is 0. The van der Waals surface area contributed by atoms with Crippen LogP contribution in [0.3, 0.4) is 0 Å². The normalized spacial score (nSPS) is 24.1.